The fraction of sp³-hybridized carbons (Fsp3) is 0.500. The lowest BCUT2D eigenvalue weighted by Gasteiger charge is -2.21. The van der Waals surface area contributed by atoms with E-state index in [0.29, 0.717) is 6.73 Å². The average molecular weight is 277 g/mol. The van der Waals surface area contributed by atoms with Crippen molar-refractivity contribution in [3.63, 3.8) is 0 Å². The van der Waals surface area contributed by atoms with Crippen LogP contribution in [-0.2, 0) is 11.5 Å². The first-order valence-corrected chi connectivity index (χ1v) is 10.5. The van der Waals surface area contributed by atoms with Crippen molar-refractivity contribution in [1.29, 1.82) is 0 Å². The van der Waals surface area contributed by atoms with Crippen molar-refractivity contribution >= 4 is 14.0 Å². The Balaban J connectivity index is 1.86. The second-order valence-corrected chi connectivity index (χ2v) is 11.6. The van der Waals surface area contributed by atoms with Gasteiger partial charge in [0.05, 0.1) is 0 Å². The van der Waals surface area contributed by atoms with Gasteiger partial charge in [0.15, 0.2) is 0 Å². The van der Waals surface area contributed by atoms with Gasteiger partial charge in [0, 0.05) is 39.8 Å². The monoisotopic (exact) mass is 277 g/mol. The molecule has 0 unspecified atom stereocenters. The van der Waals surface area contributed by atoms with Gasteiger partial charge in [-0.3, -0.25) is 4.57 Å². The fourth-order valence-corrected chi connectivity index (χ4v) is 2.57. The third kappa shape index (κ3) is 4.36. The summed E-state index contributed by atoms with van der Waals surface area (Å²) in [6.45, 7) is 9.37. The van der Waals surface area contributed by atoms with Gasteiger partial charge in [0.2, 0.25) is 5.95 Å². The molecule has 1 aromatic rings. The number of hydrogen-bond donors (Lipinski definition) is 0. The molecule has 5 heteroatoms. The molecule has 0 bridgehead atoms. The number of imidazole rings is 1. The Bertz CT molecular complexity index is 460. The molecule has 0 saturated heterocycles. The molecule has 0 radical (unpaired) electrons. The summed E-state index contributed by atoms with van der Waals surface area (Å²) < 4.78 is 7.82. The van der Waals surface area contributed by atoms with Crippen molar-refractivity contribution < 1.29 is 4.74 Å². The van der Waals surface area contributed by atoms with Gasteiger partial charge in [-0.25, -0.2) is 4.98 Å². The van der Waals surface area contributed by atoms with Crippen LogP contribution in [0.25, 0.3) is 0 Å². The summed E-state index contributed by atoms with van der Waals surface area (Å²) in [7, 11) is -1.01. The van der Waals surface area contributed by atoms with E-state index in [4.69, 9.17) is 4.74 Å². The van der Waals surface area contributed by atoms with Gasteiger partial charge in [-0.2, -0.15) is 0 Å². The van der Waals surface area contributed by atoms with Gasteiger partial charge in [0.25, 0.3) is 0 Å². The van der Waals surface area contributed by atoms with Gasteiger partial charge in [0.1, 0.15) is 6.73 Å². The van der Waals surface area contributed by atoms with E-state index in [1.165, 1.54) is 6.04 Å². The first kappa shape index (κ1) is 14.1. The quantitative estimate of drug-likeness (QED) is 0.591. The molecule has 2 heterocycles. The number of rotatable bonds is 6. The number of aromatic nitrogens is 2. The Kier molecular flexibility index (Phi) is 4.60. The van der Waals surface area contributed by atoms with Crippen LogP contribution < -0.4 is 4.90 Å². The van der Waals surface area contributed by atoms with E-state index in [9.17, 15) is 0 Å². The maximum Gasteiger partial charge on any atom is 0.211 e. The second kappa shape index (κ2) is 6.21. The zero-order valence-electron chi connectivity index (χ0n) is 12.0. The minimum absolute atomic E-state index is 0.577. The second-order valence-electron chi connectivity index (χ2n) is 5.97. The van der Waals surface area contributed by atoms with E-state index in [2.05, 4.69) is 35.6 Å². The molecule has 19 heavy (non-hydrogen) atoms. The average Bonchev–Trinajstić information content (AvgIpc) is 2.83. The zero-order chi connectivity index (χ0) is 13.7. The molecule has 4 nitrogen and oxygen atoms in total. The minimum atomic E-state index is -1.01. The molecule has 0 N–H and O–H groups in total. The molecule has 0 fully saturated rings. The van der Waals surface area contributed by atoms with Crippen LogP contribution in [-0.4, -0.2) is 30.8 Å². The predicted octanol–water partition coefficient (Wildman–Crippen LogP) is 3.09. The first-order chi connectivity index (χ1) is 9.06. The predicted molar refractivity (Wildman–Crippen MR) is 82.0 cm³/mol. The van der Waals surface area contributed by atoms with Crippen molar-refractivity contribution in [2.24, 2.45) is 0 Å². The SMILES string of the molecule is C[Si](C)(C)CCOCn1ccnc1N1C=CC=CC1. The van der Waals surface area contributed by atoms with Crippen molar-refractivity contribution in [2.45, 2.75) is 32.4 Å². The first-order valence-electron chi connectivity index (χ1n) is 6.75. The summed E-state index contributed by atoms with van der Waals surface area (Å²) in [4.78, 5) is 6.51. The van der Waals surface area contributed by atoms with E-state index in [0.717, 1.165) is 19.1 Å². The van der Waals surface area contributed by atoms with Crippen LogP contribution >= 0.6 is 0 Å². The number of hydrogen-bond acceptors (Lipinski definition) is 3. The minimum Gasteiger partial charge on any atom is -0.361 e. The van der Waals surface area contributed by atoms with Gasteiger partial charge >= 0.3 is 0 Å². The third-order valence-corrected chi connectivity index (χ3v) is 4.70. The van der Waals surface area contributed by atoms with Crippen LogP contribution in [0.15, 0.2) is 36.8 Å². The topological polar surface area (TPSA) is 30.3 Å². The Hall–Kier alpha value is -1.33. The van der Waals surface area contributed by atoms with Crippen LogP contribution in [0.2, 0.25) is 25.7 Å². The smallest absolute Gasteiger partial charge is 0.211 e. The molecule has 0 atom stereocenters. The lowest BCUT2D eigenvalue weighted by molar-refractivity contribution is 0.0881. The molecule has 0 saturated carbocycles. The van der Waals surface area contributed by atoms with E-state index >= 15 is 0 Å². The maximum atomic E-state index is 5.77. The van der Waals surface area contributed by atoms with Gasteiger partial charge in [-0.1, -0.05) is 31.8 Å². The van der Waals surface area contributed by atoms with Crippen LogP contribution in [0.3, 0.4) is 0 Å². The van der Waals surface area contributed by atoms with E-state index in [-0.39, 0.29) is 0 Å². The van der Waals surface area contributed by atoms with Crippen LogP contribution in [0.1, 0.15) is 0 Å². The van der Waals surface area contributed by atoms with E-state index < -0.39 is 8.07 Å². The molecular weight excluding hydrogens is 254 g/mol. The highest BCUT2D eigenvalue weighted by atomic mass is 28.3. The van der Waals surface area contributed by atoms with Gasteiger partial charge in [-0.15, -0.1) is 0 Å². The lowest BCUT2D eigenvalue weighted by Crippen LogP contribution is -2.24. The highest BCUT2D eigenvalue weighted by Gasteiger charge is 2.13. The number of ether oxygens (including phenoxy) is 1. The van der Waals surface area contributed by atoms with Crippen molar-refractivity contribution in [2.75, 3.05) is 18.1 Å². The van der Waals surface area contributed by atoms with Crippen molar-refractivity contribution in [1.82, 2.24) is 9.55 Å². The van der Waals surface area contributed by atoms with Gasteiger partial charge < -0.3 is 9.64 Å². The molecule has 104 valence electrons. The zero-order valence-corrected chi connectivity index (χ0v) is 13.0. The maximum absolute atomic E-state index is 5.77. The van der Waals surface area contributed by atoms with E-state index in [1.54, 1.807) is 0 Å². The number of allylic oxidation sites excluding steroid dienone is 2. The highest BCUT2D eigenvalue weighted by Crippen LogP contribution is 2.15. The molecule has 0 amide bonds. The molecular formula is C14H23N3OSi. The van der Waals surface area contributed by atoms with Gasteiger partial charge in [-0.05, 0) is 12.1 Å². The molecule has 2 rings (SSSR count). The van der Waals surface area contributed by atoms with Crippen molar-refractivity contribution in [3.8, 4) is 0 Å². The molecule has 0 spiro atoms. The molecule has 1 aromatic heterocycles. The highest BCUT2D eigenvalue weighted by molar-refractivity contribution is 6.76. The Labute approximate surface area is 116 Å². The van der Waals surface area contributed by atoms with Crippen LogP contribution in [0.5, 0.6) is 0 Å². The molecule has 0 aromatic carbocycles. The number of nitrogens with zero attached hydrogens (tertiary/aromatic N) is 3. The summed E-state index contributed by atoms with van der Waals surface area (Å²) >= 11 is 0. The van der Waals surface area contributed by atoms with E-state index in [1.807, 2.05) is 35.3 Å². The van der Waals surface area contributed by atoms with Crippen LogP contribution in [0, 0.1) is 0 Å². The largest absolute Gasteiger partial charge is 0.361 e. The van der Waals surface area contributed by atoms with Crippen molar-refractivity contribution in [3.05, 3.63) is 36.8 Å². The Morgan fingerprint density at radius 1 is 1.32 bits per heavy atom. The van der Waals surface area contributed by atoms with Crippen LogP contribution in [0.4, 0.5) is 5.95 Å². The third-order valence-electron chi connectivity index (χ3n) is 2.99. The normalized spacial score (nSPS) is 15.2. The summed E-state index contributed by atoms with van der Waals surface area (Å²) in [5.74, 6) is 0.939. The standard InChI is InChI=1S/C14H23N3OSi/c1-19(2,3)12-11-18-13-17-10-7-15-14(17)16-8-5-4-6-9-16/h4-8,10H,9,11-13H2,1-3H3. The lowest BCUT2D eigenvalue weighted by atomic mass is 10.4. The summed E-state index contributed by atoms with van der Waals surface area (Å²) in [6, 6.07) is 1.20. The summed E-state index contributed by atoms with van der Waals surface area (Å²) in [5.41, 5.74) is 0. The molecule has 0 aliphatic carbocycles. The Morgan fingerprint density at radius 2 is 2.16 bits per heavy atom. The fourth-order valence-electron chi connectivity index (χ4n) is 1.82. The summed E-state index contributed by atoms with van der Waals surface area (Å²) in [5, 5.41) is 0. The number of anilines is 1. The molecule has 1 aliphatic heterocycles. The summed E-state index contributed by atoms with van der Waals surface area (Å²) in [6.07, 6.45) is 12.0. The molecule has 1 aliphatic rings. The Morgan fingerprint density at radius 3 is 2.84 bits per heavy atom.